The van der Waals surface area contributed by atoms with Gasteiger partial charge >= 0.3 is 0 Å². The molecule has 0 saturated heterocycles. The minimum Gasteiger partial charge on any atom is -0.321 e. The van der Waals surface area contributed by atoms with E-state index in [-0.39, 0.29) is 37.9 Å². The molecular weight excluding hydrogens is 466 g/mol. The Kier molecular flexibility index (Phi) is 5.34. The Balaban J connectivity index is 1.68. The van der Waals surface area contributed by atoms with E-state index in [0.717, 1.165) is 23.0 Å². The highest BCUT2D eigenvalue weighted by Gasteiger charge is 2.23. The molecule has 4 aromatic rings. The van der Waals surface area contributed by atoms with Gasteiger partial charge in [0.05, 0.1) is 27.8 Å². The zero-order chi connectivity index (χ0) is 23.2. The molecule has 0 saturated carbocycles. The van der Waals surface area contributed by atoms with Crippen molar-refractivity contribution in [1.29, 1.82) is 0 Å². The third kappa shape index (κ3) is 4.01. The zero-order valence-corrected chi connectivity index (χ0v) is 18.2. The van der Waals surface area contributed by atoms with Crippen LogP contribution in [0.5, 0.6) is 0 Å². The molecule has 0 aliphatic heterocycles. The SMILES string of the molecule is Cn1cc(S(=O)(=O)Nc2cc(F)c3c(C(=O)Nc4ccc(F)c(Cl)c4)n(C)nc3c2)cn1. The number of sulfonamides is 1. The first kappa shape index (κ1) is 21.7. The Bertz CT molecular complexity index is 1480. The number of halogens is 3. The van der Waals surface area contributed by atoms with Crippen molar-refractivity contribution < 1.29 is 22.0 Å². The molecule has 0 fully saturated rings. The van der Waals surface area contributed by atoms with E-state index in [1.807, 2.05) is 0 Å². The first-order chi connectivity index (χ1) is 15.0. The van der Waals surface area contributed by atoms with Crippen molar-refractivity contribution >= 4 is 49.8 Å². The lowest BCUT2D eigenvalue weighted by Gasteiger charge is -2.08. The number of hydrogen-bond donors (Lipinski definition) is 2. The topological polar surface area (TPSA) is 111 Å². The fourth-order valence-corrected chi connectivity index (χ4v) is 4.32. The lowest BCUT2D eigenvalue weighted by molar-refractivity contribution is 0.101. The molecule has 13 heteroatoms. The lowest BCUT2D eigenvalue weighted by atomic mass is 10.1. The Labute approximate surface area is 185 Å². The number of hydrogen-bond acceptors (Lipinski definition) is 5. The monoisotopic (exact) mass is 480 g/mol. The predicted molar refractivity (Wildman–Crippen MR) is 114 cm³/mol. The molecule has 0 radical (unpaired) electrons. The molecule has 0 spiro atoms. The number of aromatic nitrogens is 4. The van der Waals surface area contributed by atoms with Crippen LogP contribution in [0.2, 0.25) is 5.02 Å². The Morgan fingerprint density at radius 1 is 1.09 bits per heavy atom. The average Bonchev–Trinajstić information content (AvgIpc) is 3.28. The zero-order valence-electron chi connectivity index (χ0n) is 16.6. The largest absolute Gasteiger partial charge is 0.321 e. The fourth-order valence-electron chi connectivity index (χ4n) is 3.11. The van der Waals surface area contributed by atoms with Gasteiger partial charge in [-0.3, -0.25) is 18.9 Å². The summed E-state index contributed by atoms with van der Waals surface area (Å²) < 4.78 is 58.0. The van der Waals surface area contributed by atoms with Crippen LogP contribution >= 0.6 is 11.6 Å². The van der Waals surface area contributed by atoms with Gasteiger partial charge in [-0.15, -0.1) is 0 Å². The maximum absolute atomic E-state index is 15.0. The van der Waals surface area contributed by atoms with Crippen LogP contribution in [-0.4, -0.2) is 33.9 Å². The molecule has 2 N–H and O–H groups in total. The standard InChI is InChI=1S/C19H15ClF2N6O3S/c1-27-9-12(8-23-27)32(30,31)26-11-6-15(22)17-16(7-11)25-28(2)18(17)19(29)24-10-3-4-14(21)13(20)5-10/h3-9,26H,1-2H3,(H,24,29). The van der Waals surface area contributed by atoms with Crippen molar-refractivity contribution in [3.05, 3.63) is 65.1 Å². The van der Waals surface area contributed by atoms with E-state index < -0.39 is 27.6 Å². The van der Waals surface area contributed by atoms with Crippen molar-refractivity contribution in [2.24, 2.45) is 14.1 Å². The summed E-state index contributed by atoms with van der Waals surface area (Å²) in [4.78, 5) is 12.7. The molecule has 2 heterocycles. The van der Waals surface area contributed by atoms with Gasteiger partial charge in [-0.2, -0.15) is 10.2 Å². The van der Waals surface area contributed by atoms with E-state index in [0.29, 0.717) is 0 Å². The van der Waals surface area contributed by atoms with E-state index in [1.165, 1.54) is 36.1 Å². The third-order valence-corrected chi connectivity index (χ3v) is 6.15. The average molecular weight is 481 g/mol. The molecule has 0 unspecified atom stereocenters. The van der Waals surface area contributed by atoms with Crippen LogP contribution in [-0.2, 0) is 24.1 Å². The Morgan fingerprint density at radius 2 is 1.84 bits per heavy atom. The van der Waals surface area contributed by atoms with E-state index in [2.05, 4.69) is 20.2 Å². The van der Waals surface area contributed by atoms with Crippen LogP contribution in [0.1, 0.15) is 10.5 Å². The normalized spacial score (nSPS) is 11.7. The van der Waals surface area contributed by atoms with Crippen molar-refractivity contribution in [2.75, 3.05) is 10.0 Å². The molecule has 9 nitrogen and oxygen atoms in total. The van der Waals surface area contributed by atoms with Crippen LogP contribution in [0.25, 0.3) is 10.9 Å². The van der Waals surface area contributed by atoms with E-state index in [9.17, 15) is 22.0 Å². The highest BCUT2D eigenvalue weighted by molar-refractivity contribution is 7.92. The van der Waals surface area contributed by atoms with Gasteiger partial charge in [0.1, 0.15) is 22.2 Å². The van der Waals surface area contributed by atoms with Crippen molar-refractivity contribution in [1.82, 2.24) is 19.6 Å². The fraction of sp³-hybridized carbons (Fsp3) is 0.105. The number of carbonyl (C=O) groups is 1. The van der Waals surface area contributed by atoms with Gasteiger partial charge in [-0.25, -0.2) is 17.2 Å². The highest BCUT2D eigenvalue weighted by atomic mass is 35.5. The van der Waals surface area contributed by atoms with Crippen molar-refractivity contribution in [3.63, 3.8) is 0 Å². The molecule has 1 amide bonds. The van der Waals surface area contributed by atoms with Crippen LogP contribution in [0, 0.1) is 11.6 Å². The first-order valence-corrected chi connectivity index (χ1v) is 10.9. The summed E-state index contributed by atoms with van der Waals surface area (Å²) in [6, 6.07) is 5.86. The molecule has 32 heavy (non-hydrogen) atoms. The van der Waals surface area contributed by atoms with Gasteiger partial charge in [0.15, 0.2) is 0 Å². The van der Waals surface area contributed by atoms with Crippen LogP contribution < -0.4 is 10.0 Å². The summed E-state index contributed by atoms with van der Waals surface area (Å²) in [5.41, 5.74) is 0.0736. The van der Waals surface area contributed by atoms with Crippen LogP contribution in [0.3, 0.4) is 0 Å². The summed E-state index contributed by atoms with van der Waals surface area (Å²) in [5, 5.41) is 10.1. The number of benzene rings is 2. The smallest absolute Gasteiger partial charge is 0.274 e. The molecular formula is C19H15ClF2N6O3S. The summed E-state index contributed by atoms with van der Waals surface area (Å²) in [7, 11) is -1.01. The first-order valence-electron chi connectivity index (χ1n) is 8.99. The van der Waals surface area contributed by atoms with Gasteiger partial charge in [-0.05, 0) is 30.3 Å². The van der Waals surface area contributed by atoms with Crippen LogP contribution in [0.4, 0.5) is 20.2 Å². The maximum atomic E-state index is 15.0. The second-order valence-electron chi connectivity index (χ2n) is 6.86. The Hall–Kier alpha value is -3.51. The number of amides is 1. The number of anilines is 2. The lowest BCUT2D eigenvalue weighted by Crippen LogP contribution is -2.17. The Morgan fingerprint density at radius 3 is 2.50 bits per heavy atom. The number of carbonyl (C=O) groups excluding carboxylic acids is 1. The molecule has 166 valence electrons. The predicted octanol–water partition coefficient (Wildman–Crippen LogP) is 3.29. The van der Waals surface area contributed by atoms with Crippen molar-refractivity contribution in [3.8, 4) is 0 Å². The summed E-state index contributed by atoms with van der Waals surface area (Å²) in [5.74, 6) is -2.22. The van der Waals surface area contributed by atoms with Gasteiger partial charge in [0, 0.05) is 26.0 Å². The number of nitrogens with one attached hydrogen (secondary N) is 2. The molecule has 0 aliphatic rings. The summed E-state index contributed by atoms with van der Waals surface area (Å²) >= 11 is 5.72. The number of aryl methyl sites for hydroxylation is 2. The summed E-state index contributed by atoms with van der Waals surface area (Å²) in [6.07, 6.45) is 2.45. The molecule has 4 rings (SSSR count). The second-order valence-corrected chi connectivity index (χ2v) is 8.95. The third-order valence-electron chi connectivity index (χ3n) is 4.52. The minimum absolute atomic E-state index is 0.0543. The van der Waals surface area contributed by atoms with E-state index in [4.69, 9.17) is 11.6 Å². The van der Waals surface area contributed by atoms with Gasteiger partial charge in [-0.1, -0.05) is 11.6 Å². The number of fused-ring (bicyclic) bond motifs is 1. The molecule has 0 aliphatic carbocycles. The van der Waals surface area contributed by atoms with Gasteiger partial charge < -0.3 is 5.32 Å². The van der Waals surface area contributed by atoms with Gasteiger partial charge in [0.25, 0.3) is 15.9 Å². The van der Waals surface area contributed by atoms with E-state index >= 15 is 0 Å². The highest BCUT2D eigenvalue weighted by Crippen LogP contribution is 2.28. The van der Waals surface area contributed by atoms with Crippen LogP contribution in [0.15, 0.2) is 47.6 Å². The summed E-state index contributed by atoms with van der Waals surface area (Å²) in [6.45, 7) is 0. The maximum Gasteiger partial charge on any atom is 0.274 e. The molecule has 2 aromatic carbocycles. The van der Waals surface area contributed by atoms with E-state index in [1.54, 1.807) is 7.05 Å². The number of nitrogens with zero attached hydrogens (tertiary/aromatic N) is 4. The van der Waals surface area contributed by atoms with Crippen molar-refractivity contribution in [2.45, 2.75) is 4.90 Å². The van der Waals surface area contributed by atoms with Gasteiger partial charge in [0.2, 0.25) is 0 Å². The second kappa shape index (κ2) is 7.88. The molecule has 0 atom stereocenters. The number of rotatable bonds is 5. The molecule has 2 aromatic heterocycles. The quantitative estimate of drug-likeness (QED) is 0.455. The minimum atomic E-state index is -4.00. The molecule has 0 bridgehead atoms.